The fourth-order valence-corrected chi connectivity index (χ4v) is 11.2. The maximum absolute atomic E-state index is 9.42. The number of aliphatic hydroxyl groups excluding tert-OH is 2. The Morgan fingerprint density at radius 1 is 0.439 bits per heavy atom. The standard InChI is InChI=1S/C14H18N4O3.C13H15ClN4.C12H13N3O.C11H13N5.C10H11N5.C10H10N4.C9H15N5/c1-21-12-4-8(3-10(6-19)11(12)7-20)2-9-5-17-14(16)18-13(9)15;1-2-11-10(12(15)18-13(16)17-11)7-8-3-5-9(14)6-4-8;13-11-6-10(7-12(14)15-11)16-8-9-4-2-1-3-5-9;1-7-3-2-4-8(5-7)14-10-6-9(12)15-11(13)16-10;11-8-6-9(15-10(12)14-8)13-7-4-2-1-3-5-7;11-9-6-8(13-10(12)14-9)7-4-2-1-3-5-7;10-7-6-8(13-9(11)12-7)14-4-2-1-3-5-14/h3-5,19-20H,2,6-7H2,1H3,(H4,15,16,17,18);3-6H,2,7H2,1H3,(H4,15,16,17,18);1-7H,8H2,(H4,13,14,15);2-6H,1H3,(H5,12,13,14,15,16);1-6H,(H5,11,12,13,14,15);1-6H,(H4,11,12,13,14);6H,1-5H2,(H4,10,11,12,13). The molecule has 114 heavy (non-hydrogen) atoms. The van der Waals surface area contributed by atoms with Gasteiger partial charge in [0.15, 0.2) is 0 Å². The molecule has 0 bridgehead atoms. The molecule has 35 heteroatoms. The van der Waals surface area contributed by atoms with E-state index in [2.05, 4.69) is 80.3 Å². The van der Waals surface area contributed by atoms with E-state index in [0.29, 0.717) is 100 Å². The molecule has 0 saturated carbocycles. The Labute approximate surface area is 664 Å². The molecule has 1 saturated heterocycles. The molecule has 0 spiro atoms. The summed E-state index contributed by atoms with van der Waals surface area (Å²) < 4.78 is 10.8. The van der Waals surface area contributed by atoms with Crippen LogP contribution in [-0.2, 0) is 39.1 Å². The van der Waals surface area contributed by atoms with Crippen LogP contribution < -0.4 is 105 Å². The van der Waals surface area contributed by atoms with Crippen molar-refractivity contribution in [1.29, 1.82) is 0 Å². The molecule has 0 radical (unpaired) electrons. The van der Waals surface area contributed by atoms with Crippen LogP contribution in [0.25, 0.3) is 11.3 Å². The number of halogens is 1. The Morgan fingerprint density at radius 3 is 1.53 bits per heavy atom. The SMILES string of the molecule is CCc1nc(N)nc(N)c1Cc1ccc(Cl)cc1.COc1cc(Cc2cnc(N)nc2N)cc(CO)c1CO.Cc1cccc(Nc2cc(N)nc(N)n2)c1.Nc1cc(-c2ccccc2)nc(N)n1.Nc1cc(N2CCCCC2)nc(N)n1.Nc1cc(Nc2ccccc2)nc(N)n1.Nc1cc(OCc2ccccc2)cc(N)n1. The smallest absolute Gasteiger partial charge is 0.223 e. The molecule has 0 amide bonds. The molecule has 1 aliphatic heterocycles. The van der Waals surface area contributed by atoms with Gasteiger partial charge in [-0.05, 0) is 103 Å². The predicted octanol–water partition coefficient (Wildman–Crippen LogP) is 9.51. The van der Waals surface area contributed by atoms with Crippen molar-refractivity contribution in [3.05, 3.63) is 249 Å². The van der Waals surface area contributed by atoms with Crippen molar-refractivity contribution in [2.45, 2.75) is 72.2 Å². The van der Waals surface area contributed by atoms with Gasteiger partial charge < -0.3 is 115 Å². The quantitative estimate of drug-likeness (QED) is 0.0403. The molecular formula is C79H95ClN30O4. The second-order valence-corrected chi connectivity index (χ2v) is 25.5. The van der Waals surface area contributed by atoms with Crippen LogP contribution in [0, 0.1) is 6.92 Å². The molecule has 1 fully saturated rings. The second kappa shape index (κ2) is 42.9. The van der Waals surface area contributed by atoms with Crippen molar-refractivity contribution < 1.29 is 19.7 Å². The zero-order chi connectivity index (χ0) is 82.1. The van der Waals surface area contributed by atoms with Crippen LogP contribution in [0.3, 0.4) is 0 Å². The van der Waals surface area contributed by atoms with Crippen LogP contribution in [0.2, 0.25) is 5.02 Å². The number of nitrogens with zero attached hydrogens (tertiary/aromatic N) is 14. The monoisotopic (exact) mass is 1560 g/mol. The number of anilines is 19. The highest BCUT2D eigenvalue weighted by Crippen LogP contribution is 2.29. The molecule has 13 aromatic rings. The van der Waals surface area contributed by atoms with Crippen LogP contribution in [0.4, 0.5) is 111 Å². The van der Waals surface area contributed by atoms with Gasteiger partial charge in [0.25, 0.3) is 0 Å². The molecule has 6 aromatic carbocycles. The summed E-state index contributed by atoms with van der Waals surface area (Å²) in [7, 11) is 1.51. The van der Waals surface area contributed by atoms with Gasteiger partial charge in [-0.2, -0.15) is 44.9 Å². The van der Waals surface area contributed by atoms with Crippen molar-refractivity contribution in [3.63, 3.8) is 0 Å². The van der Waals surface area contributed by atoms with E-state index in [1.807, 2.05) is 153 Å². The lowest BCUT2D eigenvalue weighted by atomic mass is 9.99. The molecule has 592 valence electrons. The number of benzene rings is 6. The highest BCUT2D eigenvalue weighted by molar-refractivity contribution is 6.30. The van der Waals surface area contributed by atoms with E-state index in [-0.39, 0.29) is 48.9 Å². The first kappa shape index (κ1) is 85.0. The van der Waals surface area contributed by atoms with Crippen molar-refractivity contribution in [2.75, 3.05) is 116 Å². The molecule has 1 aliphatic rings. The molecule has 0 unspecified atom stereocenters. The zero-order valence-corrected chi connectivity index (χ0v) is 63.9. The van der Waals surface area contributed by atoms with Crippen LogP contribution in [0.5, 0.6) is 11.5 Å². The first-order valence-electron chi connectivity index (χ1n) is 35.5. The summed E-state index contributed by atoms with van der Waals surface area (Å²) in [5, 5.41) is 25.7. The summed E-state index contributed by atoms with van der Waals surface area (Å²) in [6.07, 6.45) is 7.23. The summed E-state index contributed by atoms with van der Waals surface area (Å²) in [6, 6.07) is 58.5. The van der Waals surface area contributed by atoms with E-state index < -0.39 is 0 Å². The normalized spacial score (nSPS) is 11.1. The molecule has 7 aromatic heterocycles. The van der Waals surface area contributed by atoms with Gasteiger partial charge in [-0.25, -0.2) is 19.9 Å². The minimum absolute atomic E-state index is 0.125. The molecule has 8 heterocycles. The molecule has 0 atom stereocenters. The van der Waals surface area contributed by atoms with E-state index in [1.54, 1.807) is 54.7 Å². The van der Waals surface area contributed by atoms with Crippen LogP contribution >= 0.6 is 11.6 Å². The van der Waals surface area contributed by atoms with Crippen molar-refractivity contribution in [1.82, 2.24) is 64.8 Å². The summed E-state index contributed by atoms with van der Waals surface area (Å²) >= 11 is 5.86. The maximum atomic E-state index is 9.42. The number of ether oxygens (including phenoxy) is 2. The number of aliphatic hydroxyl groups is 2. The average molecular weight is 1560 g/mol. The summed E-state index contributed by atoms with van der Waals surface area (Å²) in [5.41, 5.74) is 89.8. The summed E-state index contributed by atoms with van der Waals surface area (Å²) in [6.45, 7) is 6.22. The third-order valence-corrected chi connectivity index (χ3v) is 16.5. The number of nitrogen functional groups attached to an aromatic ring is 14. The number of methoxy groups -OCH3 is 1. The van der Waals surface area contributed by atoms with Crippen LogP contribution in [0.15, 0.2) is 194 Å². The number of nitrogens with one attached hydrogen (secondary N) is 2. The minimum atomic E-state index is -0.202. The number of hydrogen-bond acceptors (Lipinski definition) is 34. The number of hydrogen-bond donors (Lipinski definition) is 18. The number of piperidine rings is 1. The topological polar surface area (TPSA) is 618 Å². The lowest BCUT2D eigenvalue weighted by Gasteiger charge is -2.27. The Hall–Kier alpha value is -14.6. The van der Waals surface area contributed by atoms with Gasteiger partial charge >= 0.3 is 0 Å². The average Bonchev–Trinajstić information content (AvgIpc) is 0.805. The van der Waals surface area contributed by atoms with Crippen LogP contribution in [0.1, 0.15) is 76.4 Å². The van der Waals surface area contributed by atoms with Gasteiger partial charge in [-0.15, -0.1) is 0 Å². The van der Waals surface area contributed by atoms with Gasteiger partial charge in [0, 0.05) is 107 Å². The van der Waals surface area contributed by atoms with Gasteiger partial charge in [0.2, 0.25) is 35.7 Å². The number of aromatic nitrogens is 13. The third kappa shape index (κ3) is 28.1. The Bertz CT molecular complexity index is 5070. The Balaban J connectivity index is 0.000000167. The van der Waals surface area contributed by atoms with Crippen molar-refractivity contribution in [3.8, 4) is 22.8 Å². The van der Waals surface area contributed by atoms with Gasteiger partial charge in [-0.3, -0.25) is 0 Å². The van der Waals surface area contributed by atoms with Gasteiger partial charge in [0.05, 0.1) is 31.7 Å². The predicted molar refractivity (Wildman–Crippen MR) is 456 cm³/mol. The highest BCUT2D eigenvalue weighted by atomic mass is 35.5. The second-order valence-electron chi connectivity index (χ2n) is 25.1. The molecular weight excluding hydrogens is 1470 g/mol. The Morgan fingerprint density at radius 2 is 0.974 bits per heavy atom. The van der Waals surface area contributed by atoms with E-state index in [9.17, 15) is 10.2 Å². The number of pyridine rings is 1. The minimum Gasteiger partial charge on any atom is -0.496 e. The van der Waals surface area contributed by atoms with Gasteiger partial charge in [0.1, 0.15) is 82.1 Å². The molecule has 0 aliphatic carbocycles. The van der Waals surface area contributed by atoms with Gasteiger partial charge in [-0.1, -0.05) is 128 Å². The highest BCUT2D eigenvalue weighted by Gasteiger charge is 2.16. The van der Waals surface area contributed by atoms with Crippen molar-refractivity contribution >= 4 is 123 Å². The van der Waals surface area contributed by atoms with E-state index in [4.69, 9.17) is 101 Å². The summed E-state index contributed by atoms with van der Waals surface area (Å²) in [5.74, 6) is 7.35. The number of nitrogens with two attached hydrogens (primary N) is 14. The molecule has 34 nitrogen and oxygen atoms in total. The fourth-order valence-electron chi connectivity index (χ4n) is 11.0. The van der Waals surface area contributed by atoms with E-state index >= 15 is 0 Å². The van der Waals surface area contributed by atoms with Crippen molar-refractivity contribution in [2.24, 2.45) is 0 Å². The van der Waals surface area contributed by atoms with Crippen LogP contribution in [-0.4, -0.2) is 95.2 Å². The number of aryl methyl sites for hydroxylation is 2. The Kier molecular flexibility index (Phi) is 32.0. The lowest BCUT2D eigenvalue weighted by molar-refractivity contribution is 0.254. The third-order valence-electron chi connectivity index (χ3n) is 16.2. The fraction of sp³-hybridized carbons (Fsp3) is 0.177. The molecule has 32 N–H and O–H groups in total. The summed E-state index contributed by atoms with van der Waals surface area (Å²) in [4.78, 5) is 53.7. The zero-order valence-electron chi connectivity index (χ0n) is 63.2. The first-order chi connectivity index (χ1) is 54.8. The largest absolute Gasteiger partial charge is 0.496 e. The number of rotatable bonds is 17. The maximum Gasteiger partial charge on any atom is 0.223 e. The lowest BCUT2D eigenvalue weighted by Crippen LogP contribution is -2.30. The molecule has 14 rings (SSSR count). The first-order valence-corrected chi connectivity index (χ1v) is 35.9. The number of para-hydroxylation sites is 1. The van der Waals surface area contributed by atoms with E-state index in [0.717, 1.165) is 86.5 Å². The van der Waals surface area contributed by atoms with E-state index in [1.165, 1.54) is 31.9 Å².